The molecule has 0 spiro atoms. The van der Waals surface area contributed by atoms with Crippen LogP contribution in [-0.4, -0.2) is 69.4 Å². The first-order valence-electron chi connectivity index (χ1n) is 11.1. The van der Waals surface area contributed by atoms with Gasteiger partial charge in [0.25, 0.3) is 0 Å². The van der Waals surface area contributed by atoms with Gasteiger partial charge in [0.2, 0.25) is 5.82 Å². The topological polar surface area (TPSA) is 176 Å². The number of carbonyl (C=O) groups is 1. The van der Waals surface area contributed by atoms with Crippen LogP contribution in [0.4, 0.5) is 19.0 Å². The second-order valence-electron chi connectivity index (χ2n) is 8.32. The molecule has 3 heterocycles. The first-order valence-corrected chi connectivity index (χ1v) is 11.1. The SMILES string of the molecule is CCCCC#Cc1nc(N)c2ncn([C@@H]3C[C@@H](c4[nH]ncc4C)[C@@H](O)[C@H]3O)c2n1.O=C(O)C(F)(F)F. The summed E-state index contributed by atoms with van der Waals surface area (Å²) in [6, 6.07) is -0.405. The molecule has 0 aliphatic heterocycles. The minimum atomic E-state index is -5.08. The molecule has 0 amide bonds. The number of aryl methyl sites for hydroxylation is 1. The summed E-state index contributed by atoms with van der Waals surface area (Å²) in [5.41, 5.74) is 8.83. The Bertz CT molecular complexity index is 1280. The number of nitrogen functional groups attached to an aromatic ring is 1. The van der Waals surface area contributed by atoms with Crippen molar-refractivity contribution in [1.82, 2.24) is 29.7 Å². The van der Waals surface area contributed by atoms with Gasteiger partial charge in [0.05, 0.1) is 24.7 Å². The number of anilines is 1. The lowest BCUT2D eigenvalue weighted by Crippen LogP contribution is -2.29. The van der Waals surface area contributed by atoms with Gasteiger partial charge in [-0.3, -0.25) is 5.10 Å². The highest BCUT2D eigenvalue weighted by Crippen LogP contribution is 2.42. The van der Waals surface area contributed by atoms with E-state index in [2.05, 4.69) is 43.9 Å². The number of rotatable bonds is 4. The van der Waals surface area contributed by atoms with Crippen LogP contribution in [0.1, 0.15) is 61.6 Å². The average Bonchev–Trinajstić information content (AvgIpc) is 3.50. The first-order chi connectivity index (χ1) is 17.0. The Morgan fingerprint density at radius 2 is 2.00 bits per heavy atom. The molecule has 0 saturated heterocycles. The highest BCUT2D eigenvalue weighted by Gasteiger charge is 2.45. The fourth-order valence-corrected chi connectivity index (χ4v) is 3.95. The zero-order valence-electron chi connectivity index (χ0n) is 19.5. The van der Waals surface area contributed by atoms with E-state index in [-0.39, 0.29) is 11.7 Å². The number of halogens is 3. The number of unbranched alkanes of at least 4 members (excludes halogenated alkanes) is 2. The fourth-order valence-electron chi connectivity index (χ4n) is 3.95. The number of hydrogen-bond acceptors (Lipinski definition) is 8. The number of aliphatic hydroxyl groups excluding tert-OH is 2. The van der Waals surface area contributed by atoms with Gasteiger partial charge in [0, 0.05) is 18.0 Å². The van der Waals surface area contributed by atoms with E-state index in [9.17, 15) is 23.4 Å². The molecule has 0 aromatic carbocycles. The number of carboxylic acid groups (broad SMARTS) is 1. The predicted octanol–water partition coefficient (Wildman–Crippen LogP) is 2.07. The lowest BCUT2D eigenvalue weighted by Gasteiger charge is -2.18. The highest BCUT2D eigenvalue weighted by molar-refractivity contribution is 5.82. The van der Waals surface area contributed by atoms with Crippen LogP contribution in [0, 0.1) is 18.8 Å². The van der Waals surface area contributed by atoms with Gasteiger partial charge in [-0.25, -0.2) is 19.7 Å². The number of nitrogens with one attached hydrogen (secondary N) is 1. The smallest absolute Gasteiger partial charge is 0.475 e. The third-order valence-electron chi connectivity index (χ3n) is 5.79. The molecule has 1 aliphatic rings. The number of aliphatic hydroxyl groups is 2. The minimum absolute atomic E-state index is 0.252. The zero-order chi connectivity index (χ0) is 26.6. The van der Waals surface area contributed by atoms with Crippen molar-refractivity contribution in [1.29, 1.82) is 0 Å². The second kappa shape index (κ2) is 10.9. The van der Waals surface area contributed by atoms with Crippen LogP contribution in [0.5, 0.6) is 0 Å². The summed E-state index contributed by atoms with van der Waals surface area (Å²) in [5, 5.41) is 35.5. The van der Waals surface area contributed by atoms with Crippen molar-refractivity contribution in [2.45, 2.75) is 69.9 Å². The van der Waals surface area contributed by atoms with E-state index in [0.29, 0.717) is 23.4 Å². The molecule has 0 bridgehead atoms. The second-order valence-corrected chi connectivity index (χ2v) is 8.32. The molecule has 0 radical (unpaired) electrons. The van der Waals surface area contributed by atoms with Gasteiger partial charge in [0.15, 0.2) is 11.5 Å². The van der Waals surface area contributed by atoms with E-state index >= 15 is 0 Å². The van der Waals surface area contributed by atoms with Crippen LogP contribution in [0.25, 0.3) is 11.2 Å². The molecule has 1 aliphatic carbocycles. The fraction of sp³-hybridized carbons (Fsp3) is 0.500. The van der Waals surface area contributed by atoms with Gasteiger partial charge in [-0.05, 0) is 31.2 Å². The normalized spacial score (nSPS) is 21.5. The van der Waals surface area contributed by atoms with E-state index in [4.69, 9.17) is 15.6 Å². The molecular formula is C22H26F3N7O4. The zero-order valence-corrected chi connectivity index (χ0v) is 19.5. The van der Waals surface area contributed by atoms with Gasteiger partial charge in [-0.1, -0.05) is 19.3 Å². The number of H-pyrrole nitrogens is 1. The van der Waals surface area contributed by atoms with Crippen molar-refractivity contribution < 1.29 is 33.3 Å². The maximum Gasteiger partial charge on any atom is 0.490 e. The van der Waals surface area contributed by atoms with E-state index in [1.54, 1.807) is 17.1 Å². The van der Waals surface area contributed by atoms with E-state index in [0.717, 1.165) is 30.5 Å². The Labute approximate surface area is 203 Å². The number of aliphatic carboxylic acids is 1. The summed E-state index contributed by atoms with van der Waals surface area (Å²) < 4.78 is 33.5. The summed E-state index contributed by atoms with van der Waals surface area (Å²) in [6.07, 6.45) is -0.308. The molecule has 11 nitrogen and oxygen atoms in total. The maximum absolute atomic E-state index is 10.8. The van der Waals surface area contributed by atoms with Crippen LogP contribution >= 0.6 is 0 Å². The molecule has 0 unspecified atom stereocenters. The van der Waals surface area contributed by atoms with Gasteiger partial charge < -0.3 is 25.6 Å². The molecule has 3 aromatic rings. The molecule has 194 valence electrons. The maximum atomic E-state index is 10.8. The number of nitrogens with zero attached hydrogens (tertiary/aromatic N) is 5. The number of alkyl halides is 3. The number of fused-ring (bicyclic) bond motifs is 1. The van der Waals surface area contributed by atoms with Crippen LogP contribution in [0.15, 0.2) is 12.5 Å². The Kier molecular flexibility index (Phi) is 8.16. The van der Waals surface area contributed by atoms with Crippen molar-refractivity contribution >= 4 is 23.0 Å². The van der Waals surface area contributed by atoms with Crippen molar-refractivity contribution in [2.75, 3.05) is 5.73 Å². The third-order valence-corrected chi connectivity index (χ3v) is 5.79. The standard InChI is InChI=1S/C20H25N7O2.C2HF3O2/c1-3-4-5-6-7-14-24-19(21)16-20(25-14)27(10-22-16)13-8-12(17(28)18(13)29)15-11(2)9-23-26-15;3-2(4,5)1(6)7/h9-10,12-13,17-18,28-29H,3-5,8H2,1-2H3,(H,23,26)(H2,21,24,25);(H,6,7)/t12-,13+,17+,18-;/m0./s1. The quantitative estimate of drug-likeness (QED) is 0.260. The molecule has 14 heteroatoms. The Morgan fingerprint density at radius 1 is 1.31 bits per heavy atom. The van der Waals surface area contributed by atoms with Crippen molar-refractivity contribution in [3.63, 3.8) is 0 Å². The van der Waals surface area contributed by atoms with E-state index in [1.807, 2.05) is 6.92 Å². The van der Waals surface area contributed by atoms with E-state index in [1.165, 1.54) is 0 Å². The monoisotopic (exact) mass is 509 g/mol. The largest absolute Gasteiger partial charge is 0.490 e. The number of aromatic amines is 1. The van der Waals surface area contributed by atoms with Crippen LogP contribution in [0.2, 0.25) is 0 Å². The molecule has 1 saturated carbocycles. The van der Waals surface area contributed by atoms with Crippen molar-refractivity contribution in [3.05, 3.63) is 29.6 Å². The van der Waals surface area contributed by atoms with Crippen molar-refractivity contribution in [3.8, 4) is 11.8 Å². The molecule has 4 atom stereocenters. The molecule has 6 N–H and O–H groups in total. The third kappa shape index (κ3) is 5.74. The summed E-state index contributed by atoms with van der Waals surface area (Å²) in [6.45, 7) is 4.04. The predicted molar refractivity (Wildman–Crippen MR) is 122 cm³/mol. The van der Waals surface area contributed by atoms with E-state index < -0.39 is 30.4 Å². The number of aromatic nitrogens is 6. The number of nitrogens with two attached hydrogens (primary N) is 1. The van der Waals surface area contributed by atoms with Gasteiger partial charge >= 0.3 is 12.1 Å². The Balaban J connectivity index is 0.000000454. The Morgan fingerprint density at radius 3 is 2.58 bits per heavy atom. The number of imidazole rings is 1. The molecular weight excluding hydrogens is 483 g/mol. The van der Waals surface area contributed by atoms with Crippen molar-refractivity contribution in [2.24, 2.45) is 0 Å². The van der Waals surface area contributed by atoms with Crippen LogP contribution < -0.4 is 5.73 Å². The lowest BCUT2D eigenvalue weighted by molar-refractivity contribution is -0.192. The average molecular weight is 509 g/mol. The molecule has 36 heavy (non-hydrogen) atoms. The first kappa shape index (κ1) is 26.9. The van der Waals surface area contributed by atoms with Crippen LogP contribution in [-0.2, 0) is 4.79 Å². The van der Waals surface area contributed by atoms with Gasteiger partial charge in [0.1, 0.15) is 11.6 Å². The highest BCUT2D eigenvalue weighted by atomic mass is 19.4. The minimum Gasteiger partial charge on any atom is -0.475 e. The number of carboxylic acids is 1. The summed E-state index contributed by atoms with van der Waals surface area (Å²) in [4.78, 5) is 22.0. The lowest BCUT2D eigenvalue weighted by atomic mass is 9.98. The summed E-state index contributed by atoms with van der Waals surface area (Å²) >= 11 is 0. The van der Waals surface area contributed by atoms with Gasteiger partial charge in [-0.15, -0.1) is 0 Å². The molecule has 4 rings (SSSR count). The van der Waals surface area contributed by atoms with Gasteiger partial charge in [-0.2, -0.15) is 18.3 Å². The number of hydrogen-bond donors (Lipinski definition) is 5. The van der Waals surface area contributed by atoms with Crippen LogP contribution in [0.3, 0.4) is 0 Å². The summed E-state index contributed by atoms with van der Waals surface area (Å²) in [5.74, 6) is 3.59. The Hall–Kier alpha value is -3.70. The molecule has 3 aromatic heterocycles. The molecule has 1 fully saturated rings. The summed E-state index contributed by atoms with van der Waals surface area (Å²) in [7, 11) is 0.